The second-order valence-electron chi connectivity index (χ2n) is 7.00. The van der Waals surface area contributed by atoms with Crippen LogP contribution in [0.1, 0.15) is 24.5 Å². The van der Waals surface area contributed by atoms with Crippen LogP contribution in [0.3, 0.4) is 0 Å². The molecule has 0 bridgehead atoms. The van der Waals surface area contributed by atoms with E-state index in [0.29, 0.717) is 30.3 Å². The predicted molar refractivity (Wildman–Crippen MR) is 111 cm³/mol. The number of piperazine rings is 1. The molecule has 5 heteroatoms. The Kier molecular flexibility index (Phi) is 6.27. The highest BCUT2D eigenvalue weighted by Crippen LogP contribution is 2.24. The van der Waals surface area contributed by atoms with Crippen LogP contribution in [0.5, 0.6) is 5.75 Å². The number of halogens is 1. The first-order valence-electron chi connectivity index (χ1n) is 9.51. The molecule has 3 rings (SSSR count). The number of hydrogen-bond acceptors (Lipinski definition) is 3. The predicted octanol–water partition coefficient (Wildman–Crippen LogP) is 4.46. The van der Waals surface area contributed by atoms with Crippen molar-refractivity contribution in [3.63, 3.8) is 0 Å². The van der Waals surface area contributed by atoms with Gasteiger partial charge in [0.25, 0.3) is 5.91 Å². The second-order valence-corrected chi connectivity index (χ2v) is 7.44. The maximum atomic E-state index is 12.9. The van der Waals surface area contributed by atoms with Crippen LogP contribution in [0.15, 0.2) is 42.5 Å². The number of aryl methyl sites for hydroxylation is 1. The van der Waals surface area contributed by atoms with Crippen molar-refractivity contribution in [1.29, 1.82) is 0 Å². The Morgan fingerprint density at radius 3 is 2.37 bits per heavy atom. The summed E-state index contributed by atoms with van der Waals surface area (Å²) < 4.78 is 5.92. The van der Waals surface area contributed by atoms with Crippen molar-refractivity contribution in [1.82, 2.24) is 4.90 Å². The number of nitrogens with zero attached hydrogens (tertiary/aromatic N) is 2. The zero-order chi connectivity index (χ0) is 19.4. The minimum atomic E-state index is -0.460. The summed E-state index contributed by atoms with van der Waals surface area (Å²) in [5.41, 5.74) is 3.88. The van der Waals surface area contributed by atoms with Gasteiger partial charge < -0.3 is 14.5 Å². The van der Waals surface area contributed by atoms with E-state index in [4.69, 9.17) is 16.3 Å². The first kappa shape index (κ1) is 19.6. The van der Waals surface area contributed by atoms with Crippen LogP contribution in [-0.4, -0.2) is 43.1 Å². The Labute approximate surface area is 166 Å². The number of rotatable bonds is 5. The van der Waals surface area contributed by atoms with Gasteiger partial charge in [0.05, 0.1) is 0 Å². The van der Waals surface area contributed by atoms with Crippen molar-refractivity contribution in [2.45, 2.75) is 33.3 Å². The summed E-state index contributed by atoms with van der Waals surface area (Å²) in [4.78, 5) is 17.2. The van der Waals surface area contributed by atoms with Gasteiger partial charge >= 0.3 is 0 Å². The van der Waals surface area contributed by atoms with Crippen LogP contribution in [0.25, 0.3) is 0 Å². The van der Waals surface area contributed by atoms with Gasteiger partial charge in [-0.15, -0.1) is 0 Å². The lowest BCUT2D eigenvalue weighted by Crippen LogP contribution is -2.52. The molecule has 0 aromatic heterocycles. The standard InChI is InChI=1S/C22H27ClN2O2/c1-4-21(27-19-10-8-18(23)9-11-19)22(26)25-14-12-24(13-15-25)20-7-5-6-16(2)17(20)3/h5-11,21H,4,12-15H2,1-3H3/t21-/m1/s1. The molecule has 4 nitrogen and oxygen atoms in total. The van der Waals surface area contributed by atoms with E-state index in [1.165, 1.54) is 16.8 Å². The van der Waals surface area contributed by atoms with Crippen molar-refractivity contribution < 1.29 is 9.53 Å². The molecule has 0 aliphatic carbocycles. The Morgan fingerprint density at radius 2 is 1.74 bits per heavy atom. The van der Waals surface area contributed by atoms with Crippen LogP contribution in [0.2, 0.25) is 5.02 Å². The summed E-state index contributed by atoms with van der Waals surface area (Å²) in [6.07, 6.45) is 0.178. The first-order chi connectivity index (χ1) is 13.0. The highest BCUT2D eigenvalue weighted by atomic mass is 35.5. The van der Waals surface area contributed by atoms with Gasteiger partial charge in [0.1, 0.15) is 5.75 Å². The molecule has 1 atom stereocenters. The van der Waals surface area contributed by atoms with Crippen LogP contribution in [-0.2, 0) is 4.79 Å². The molecule has 0 radical (unpaired) electrons. The molecule has 0 N–H and O–H groups in total. The second kappa shape index (κ2) is 8.66. The zero-order valence-electron chi connectivity index (χ0n) is 16.2. The summed E-state index contributed by atoms with van der Waals surface area (Å²) in [5.74, 6) is 0.738. The number of anilines is 1. The molecule has 2 aromatic carbocycles. The molecule has 1 amide bonds. The molecular weight excluding hydrogens is 360 g/mol. The normalized spacial score (nSPS) is 15.6. The van der Waals surface area contributed by atoms with Crippen LogP contribution < -0.4 is 9.64 Å². The highest BCUT2D eigenvalue weighted by molar-refractivity contribution is 6.30. The third-order valence-electron chi connectivity index (χ3n) is 5.25. The number of hydrogen-bond donors (Lipinski definition) is 0. The van der Waals surface area contributed by atoms with E-state index in [9.17, 15) is 4.79 Å². The van der Waals surface area contributed by atoms with E-state index in [1.807, 2.05) is 11.8 Å². The van der Waals surface area contributed by atoms with Crippen LogP contribution in [0, 0.1) is 13.8 Å². The van der Waals surface area contributed by atoms with Gasteiger partial charge in [-0.05, 0) is 61.7 Å². The van der Waals surface area contributed by atoms with Gasteiger partial charge in [0.15, 0.2) is 6.10 Å². The average Bonchev–Trinajstić information content (AvgIpc) is 2.69. The molecule has 1 saturated heterocycles. The fourth-order valence-electron chi connectivity index (χ4n) is 3.44. The van der Waals surface area contributed by atoms with E-state index < -0.39 is 6.10 Å². The van der Waals surface area contributed by atoms with Gasteiger partial charge in [0.2, 0.25) is 0 Å². The molecule has 0 unspecified atom stereocenters. The first-order valence-corrected chi connectivity index (χ1v) is 9.89. The summed E-state index contributed by atoms with van der Waals surface area (Å²) >= 11 is 5.92. The largest absolute Gasteiger partial charge is 0.481 e. The summed E-state index contributed by atoms with van der Waals surface area (Å²) in [5, 5.41) is 0.657. The molecule has 2 aromatic rings. The van der Waals surface area contributed by atoms with Crippen molar-refractivity contribution in [2.75, 3.05) is 31.1 Å². The molecule has 1 heterocycles. The van der Waals surface area contributed by atoms with E-state index in [1.54, 1.807) is 24.3 Å². The quantitative estimate of drug-likeness (QED) is 0.760. The summed E-state index contributed by atoms with van der Waals surface area (Å²) in [6, 6.07) is 13.6. The van der Waals surface area contributed by atoms with Gasteiger partial charge in [-0.3, -0.25) is 4.79 Å². The van der Waals surface area contributed by atoms with Gasteiger partial charge in [0, 0.05) is 36.9 Å². The fraction of sp³-hybridized carbons (Fsp3) is 0.409. The molecule has 27 heavy (non-hydrogen) atoms. The lowest BCUT2D eigenvalue weighted by Gasteiger charge is -2.38. The van der Waals surface area contributed by atoms with Gasteiger partial charge in [-0.25, -0.2) is 0 Å². The third kappa shape index (κ3) is 4.56. The molecule has 0 spiro atoms. The van der Waals surface area contributed by atoms with Gasteiger partial charge in [-0.1, -0.05) is 30.7 Å². The highest BCUT2D eigenvalue weighted by Gasteiger charge is 2.28. The van der Waals surface area contributed by atoms with E-state index in [2.05, 4.69) is 36.9 Å². The van der Waals surface area contributed by atoms with E-state index in [0.717, 1.165) is 13.1 Å². The molecule has 1 aliphatic heterocycles. The number of carbonyl (C=O) groups excluding carboxylic acids is 1. The third-order valence-corrected chi connectivity index (χ3v) is 5.50. The van der Waals surface area contributed by atoms with E-state index >= 15 is 0 Å². The fourth-order valence-corrected chi connectivity index (χ4v) is 3.56. The van der Waals surface area contributed by atoms with Crippen molar-refractivity contribution in [3.8, 4) is 5.75 Å². The Hall–Kier alpha value is -2.20. The Morgan fingerprint density at radius 1 is 1.07 bits per heavy atom. The van der Waals surface area contributed by atoms with Crippen molar-refractivity contribution in [3.05, 3.63) is 58.6 Å². The average molecular weight is 387 g/mol. The number of benzene rings is 2. The van der Waals surface area contributed by atoms with Gasteiger partial charge in [-0.2, -0.15) is 0 Å². The lowest BCUT2D eigenvalue weighted by atomic mass is 10.1. The maximum Gasteiger partial charge on any atom is 0.263 e. The van der Waals surface area contributed by atoms with Crippen molar-refractivity contribution >= 4 is 23.2 Å². The topological polar surface area (TPSA) is 32.8 Å². The number of ether oxygens (including phenoxy) is 1. The zero-order valence-corrected chi connectivity index (χ0v) is 17.0. The van der Waals surface area contributed by atoms with Crippen LogP contribution >= 0.6 is 11.6 Å². The summed E-state index contributed by atoms with van der Waals surface area (Å²) in [6.45, 7) is 9.39. The minimum Gasteiger partial charge on any atom is -0.481 e. The Bertz CT molecular complexity index is 783. The SMILES string of the molecule is CC[C@@H](Oc1ccc(Cl)cc1)C(=O)N1CCN(c2cccc(C)c2C)CC1. The smallest absolute Gasteiger partial charge is 0.263 e. The molecule has 1 fully saturated rings. The molecule has 144 valence electrons. The Balaban J connectivity index is 1.61. The molecule has 1 aliphatic rings. The molecule has 0 saturated carbocycles. The number of carbonyl (C=O) groups is 1. The summed E-state index contributed by atoms with van der Waals surface area (Å²) in [7, 11) is 0. The maximum absolute atomic E-state index is 12.9. The monoisotopic (exact) mass is 386 g/mol. The minimum absolute atomic E-state index is 0.0630. The number of amides is 1. The molecular formula is C22H27ClN2O2. The van der Waals surface area contributed by atoms with Crippen LogP contribution in [0.4, 0.5) is 5.69 Å². The van der Waals surface area contributed by atoms with E-state index in [-0.39, 0.29) is 5.91 Å². The van der Waals surface area contributed by atoms with Crippen molar-refractivity contribution in [2.24, 2.45) is 0 Å². The lowest BCUT2D eigenvalue weighted by molar-refractivity contribution is -0.139.